The topological polar surface area (TPSA) is 51.6 Å². The zero-order valence-corrected chi connectivity index (χ0v) is 18.0. The highest BCUT2D eigenvalue weighted by atomic mass is 14.8. The lowest BCUT2D eigenvalue weighted by Crippen LogP contribution is -1.90. The Balaban J connectivity index is 1.35. The van der Waals surface area contributed by atoms with E-state index in [9.17, 15) is 0 Å². The second-order valence-electron chi connectivity index (χ2n) is 7.77. The molecule has 32 heavy (non-hydrogen) atoms. The van der Waals surface area contributed by atoms with Gasteiger partial charge in [0.25, 0.3) is 0 Å². The molecule has 0 atom stereocenters. The molecule has 0 fully saturated rings. The van der Waals surface area contributed by atoms with Crippen molar-refractivity contribution in [3.05, 3.63) is 109 Å². The van der Waals surface area contributed by atoms with Gasteiger partial charge in [0.1, 0.15) is 0 Å². The van der Waals surface area contributed by atoms with Crippen LogP contribution in [0.25, 0.3) is 45.0 Å². The van der Waals surface area contributed by atoms with E-state index >= 15 is 0 Å². The predicted molar refractivity (Wildman–Crippen MR) is 129 cm³/mol. The number of hydrogen-bond acceptors (Lipinski definition) is 4. The molecule has 0 amide bonds. The van der Waals surface area contributed by atoms with Crippen LogP contribution < -0.4 is 0 Å². The highest BCUT2D eigenvalue weighted by Crippen LogP contribution is 2.26. The van der Waals surface area contributed by atoms with E-state index in [2.05, 4.69) is 56.3 Å². The third-order valence-electron chi connectivity index (χ3n) is 5.38. The molecule has 4 nitrogen and oxygen atoms in total. The molecule has 0 unspecified atom stereocenters. The van der Waals surface area contributed by atoms with Crippen LogP contribution in [0.2, 0.25) is 0 Å². The van der Waals surface area contributed by atoms with Gasteiger partial charge < -0.3 is 0 Å². The molecule has 1 aromatic carbocycles. The molecule has 154 valence electrons. The molecule has 0 aliphatic rings. The Morgan fingerprint density at radius 1 is 0.406 bits per heavy atom. The molecule has 5 rings (SSSR count). The van der Waals surface area contributed by atoms with Gasteiger partial charge >= 0.3 is 0 Å². The van der Waals surface area contributed by atoms with Crippen LogP contribution in [0.4, 0.5) is 0 Å². The first kappa shape index (κ1) is 19.8. The van der Waals surface area contributed by atoms with Crippen molar-refractivity contribution in [3.8, 4) is 45.0 Å². The average Bonchev–Trinajstić information content (AvgIpc) is 2.84. The van der Waals surface area contributed by atoms with E-state index in [1.807, 2.05) is 74.8 Å². The van der Waals surface area contributed by atoms with Gasteiger partial charge in [0, 0.05) is 34.9 Å². The third kappa shape index (κ3) is 4.16. The highest BCUT2D eigenvalue weighted by Gasteiger charge is 2.06. The molecular weight excluding hydrogens is 392 g/mol. The van der Waals surface area contributed by atoms with Crippen LogP contribution in [-0.2, 0) is 0 Å². The number of nitrogens with zero attached hydrogens (tertiary/aromatic N) is 4. The Morgan fingerprint density at radius 3 is 1.16 bits per heavy atom. The minimum atomic E-state index is 0.878. The highest BCUT2D eigenvalue weighted by molar-refractivity contribution is 5.71. The minimum Gasteiger partial charge on any atom is -0.254 e. The number of aromatic nitrogens is 4. The van der Waals surface area contributed by atoms with Crippen molar-refractivity contribution in [2.24, 2.45) is 0 Å². The van der Waals surface area contributed by atoms with Gasteiger partial charge in [0.05, 0.1) is 22.8 Å². The van der Waals surface area contributed by atoms with Crippen molar-refractivity contribution >= 4 is 0 Å². The summed E-state index contributed by atoms with van der Waals surface area (Å²) in [5.74, 6) is 0. The fourth-order valence-corrected chi connectivity index (χ4v) is 3.66. The van der Waals surface area contributed by atoms with Crippen LogP contribution in [0.15, 0.2) is 97.3 Å². The molecule has 0 aliphatic carbocycles. The summed E-state index contributed by atoms with van der Waals surface area (Å²) in [7, 11) is 0. The predicted octanol–water partition coefficient (Wildman–Crippen LogP) is 6.55. The van der Waals surface area contributed by atoms with E-state index in [4.69, 9.17) is 0 Å². The molecule has 0 bridgehead atoms. The summed E-state index contributed by atoms with van der Waals surface area (Å²) >= 11 is 0. The monoisotopic (exact) mass is 414 g/mol. The maximum Gasteiger partial charge on any atom is 0.0889 e. The molecule has 4 heteroatoms. The van der Waals surface area contributed by atoms with Crippen LogP contribution in [0.5, 0.6) is 0 Å². The first-order chi connectivity index (χ1) is 15.7. The zero-order valence-electron chi connectivity index (χ0n) is 18.0. The number of pyridine rings is 4. The van der Waals surface area contributed by atoms with E-state index in [1.165, 1.54) is 0 Å². The maximum atomic E-state index is 4.61. The van der Waals surface area contributed by atoms with Gasteiger partial charge in [-0.15, -0.1) is 0 Å². The summed E-state index contributed by atoms with van der Waals surface area (Å²) in [6.07, 6.45) is 3.80. The molecule has 0 saturated heterocycles. The second-order valence-corrected chi connectivity index (χ2v) is 7.77. The van der Waals surface area contributed by atoms with Crippen molar-refractivity contribution < 1.29 is 0 Å². The lowest BCUT2D eigenvalue weighted by atomic mass is 10.0. The van der Waals surface area contributed by atoms with Gasteiger partial charge in [-0.1, -0.05) is 48.5 Å². The number of benzene rings is 1. The van der Waals surface area contributed by atoms with Crippen molar-refractivity contribution in [2.45, 2.75) is 13.8 Å². The Labute approximate surface area is 187 Å². The summed E-state index contributed by atoms with van der Waals surface area (Å²) in [6, 6.07) is 28.6. The number of rotatable bonds is 4. The smallest absolute Gasteiger partial charge is 0.0889 e. The second kappa shape index (κ2) is 8.52. The summed E-state index contributed by atoms with van der Waals surface area (Å²) < 4.78 is 0. The molecule has 0 radical (unpaired) electrons. The van der Waals surface area contributed by atoms with Crippen molar-refractivity contribution in [3.63, 3.8) is 0 Å². The average molecular weight is 415 g/mol. The normalized spacial score (nSPS) is 10.8. The van der Waals surface area contributed by atoms with Gasteiger partial charge in [0.2, 0.25) is 0 Å². The van der Waals surface area contributed by atoms with Crippen LogP contribution in [0, 0.1) is 13.8 Å². The van der Waals surface area contributed by atoms with Gasteiger partial charge in [-0.2, -0.15) is 0 Å². The van der Waals surface area contributed by atoms with Gasteiger partial charge in [-0.3, -0.25) is 19.9 Å². The third-order valence-corrected chi connectivity index (χ3v) is 5.38. The Bertz CT molecular complexity index is 1250. The van der Waals surface area contributed by atoms with Crippen LogP contribution in [0.1, 0.15) is 11.4 Å². The summed E-state index contributed by atoms with van der Waals surface area (Å²) in [6.45, 7) is 3.98. The van der Waals surface area contributed by atoms with Crippen LogP contribution in [-0.4, -0.2) is 19.9 Å². The molecule has 4 aromatic heterocycles. The fourth-order valence-electron chi connectivity index (χ4n) is 3.66. The van der Waals surface area contributed by atoms with E-state index in [0.29, 0.717) is 0 Å². The summed E-state index contributed by atoms with van der Waals surface area (Å²) in [5, 5.41) is 0. The fraction of sp³-hybridized carbons (Fsp3) is 0.0714. The first-order valence-corrected chi connectivity index (χ1v) is 10.6. The standard InChI is InChI=1S/C28H22N4/c1-19-5-3-7-27(31-19)25-15-13-23(17-29-25)21-9-11-22(12-10-21)24-14-16-26(30-18-24)28-8-4-6-20(2)32-28/h3-18H,1-2H3. The molecule has 0 saturated carbocycles. The van der Waals surface area contributed by atoms with Crippen molar-refractivity contribution in [2.75, 3.05) is 0 Å². The van der Waals surface area contributed by atoms with Crippen LogP contribution in [0.3, 0.4) is 0 Å². The van der Waals surface area contributed by atoms with Crippen molar-refractivity contribution in [1.29, 1.82) is 0 Å². The van der Waals surface area contributed by atoms with Crippen molar-refractivity contribution in [1.82, 2.24) is 19.9 Å². The largest absolute Gasteiger partial charge is 0.254 e. The van der Waals surface area contributed by atoms with Crippen LogP contribution >= 0.6 is 0 Å². The van der Waals surface area contributed by atoms with Gasteiger partial charge in [0.15, 0.2) is 0 Å². The van der Waals surface area contributed by atoms with E-state index in [-0.39, 0.29) is 0 Å². The molecule has 0 aliphatic heterocycles. The lowest BCUT2D eigenvalue weighted by Gasteiger charge is -2.07. The Kier molecular flexibility index (Phi) is 5.26. The maximum absolute atomic E-state index is 4.61. The lowest BCUT2D eigenvalue weighted by molar-refractivity contribution is 1.18. The molecule has 4 heterocycles. The van der Waals surface area contributed by atoms with E-state index < -0.39 is 0 Å². The van der Waals surface area contributed by atoms with E-state index in [1.54, 1.807) is 0 Å². The zero-order chi connectivity index (χ0) is 21.9. The Hall–Kier alpha value is -4.18. The molecule has 0 spiro atoms. The number of aryl methyl sites for hydroxylation is 2. The summed E-state index contributed by atoms with van der Waals surface area (Å²) in [5.41, 5.74) is 9.92. The van der Waals surface area contributed by atoms with Gasteiger partial charge in [-0.05, 0) is 61.4 Å². The molecule has 0 N–H and O–H groups in total. The molecular formula is C28H22N4. The quantitative estimate of drug-likeness (QED) is 0.334. The van der Waals surface area contributed by atoms with Gasteiger partial charge in [-0.25, -0.2) is 0 Å². The SMILES string of the molecule is Cc1cccc(-c2ccc(-c3ccc(-c4ccc(-c5cccc(C)n5)nc4)cc3)cn2)n1. The number of hydrogen-bond donors (Lipinski definition) is 0. The Morgan fingerprint density at radius 2 is 0.812 bits per heavy atom. The first-order valence-electron chi connectivity index (χ1n) is 10.6. The summed E-state index contributed by atoms with van der Waals surface area (Å²) in [4.78, 5) is 18.3. The van der Waals surface area contributed by atoms with E-state index in [0.717, 1.165) is 56.4 Å². The molecule has 5 aromatic rings. The minimum absolute atomic E-state index is 0.878.